The van der Waals surface area contributed by atoms with E-state index >= 15 is 0 Å². The van der Waals surface area contributed by atoms with Crippen LogP contribution in [0, 0.1) is 5.41 Å². The minimum absolute atomic E-state index is 0.200. The lowest BCUT2D eigenvalue weighted by atomic mass is 9.57. The molecule has 3 aliphatic carbocycles. The molecule has 1 unspecified atom stereocenters. The fraction of sp³-hybridized carbons (Fsp3) is 1.00. The fourth-order valence-electron chi connectivity index (χ4n) is 4.20. The van der Waals surface area contributed by atoms with Crippen LogP contribution in [0.2, 0.25) is 0 Å². The topological polar surface area (TPSA) is 21.3 Å². The predicted molar refractivity (Wildman–Crippen MR) is 70.1 cm³/mol. The zero-order valence-electron chi connectivity index (χ0n) is 11.3. The van der Waals surface area contributed by atoms with Crippen molar-refractivity contribution in [2.24, 2.45) is 5.41 Å². The number of hydrogen-bond acceptors (Lipinski definition) is 2. The van der Waals surface area contributed by atoms with Crippen LogP contribution in [0.4, 0.5) is 0 Å². The third kappa shape index (κ3) is 2.04. The summed E-state index contributed by atoms with van der Waals surface area (Å²) in [7, 11) is 1.89. The Kier molecular flexibility index (Phi) is 3.20. The average Bonchev–Trinajstić information content (AvgIpc) is 2.32. The second-order valence-corrected chi connectivity index (χ2v) is 6.64. The smallest absolute Gasteiger partial charge is 0.0802 e. The molecule has 0 bridgehead atoms. The summed E-state index contributed by atoms with van der Waals surface area (Å²) in [5.74, 6) is 0. The number of hydrogen-bond donors (Lipinski definition) is 1. The lowest BCUT2D eigenvalue weighted by Gasteiger charge is -2.54. The quantitative estimate of drug-likeness (QED) is 0.810. The number of methoxy groups -OCH3 is 1. The zero-order chi connectivity index (χ0) is 11.8. The highest BCUT2D eigenvalue weighted by atomic mass is 16.5. The molecule has 3 rings (SSSR count). The van der Waals surface area contributed by atoms with E-state index in [2.05, 4.69) is 5.32 Å². The summed E-state index contributed by atoms with van der Waals surface area (Å²) in [6.07, 6.45) is 14.1. The summed E-state index contributed by atoms with van der Waals surface area (Å²) in [5, 5.41) is 3.85. The molecule has 17 heavy (non-hydrogen) atoms. The van der Waals surface area contributed by atoms with Crippen molar-refractivity contribution in [2.75, 3.05) is 13.7 Å². The molecule has 2 heteroatoms. The Hall–Kier alpha value is -0.0800. The second kappa shape index (κ2) is 4.55. The van der Waals surface area contributed by atoms with Crippen molar-refractivity contribution >= 4 is 0 Å². The largest absolute Gasteiger partial charge is 0.377 e. The summed E-state index contributed by atoms with van der Waals surface area (Å²) in [4.78, 5) is 0. The van der Waals surface area contributed by atoms with Crippen molar-refractivity contribution < 1.29 is 4.74 Å². The Labute approximate surface area is 105 Å². The highest BCUT2D eigenvalue weighted by Gasteiger charge is 2.47. The van der Waals surface area contributed by atoms with Gasteiger partial charge in [-0.15, -0.1) is 0 Å². The van der Waals surface area contributed by atoms with E-state index in [1.165, 1.54) is 64.2 Å². The minimum Gasteiger partial charge on any atom is -0.377 e. The molecule has 2 nitrogen and oxygen atoms in total. The van der Waals surface area contributed by atoms with E-state index in [9.17, 15) is 0 Å². The zero-order valence-corrected chi connectivity index (χ0v) is 11.3. The number of nitrogens with one attached hydrogen (secondary N) is 1. The Morgan fingerprint density at radius 1 is 1.00 bits per heavy atom. The molecule has 0 aromatic carbocycles. The molecular weight excluding hydrogens is 210 g/mol. The summed E-state index contributed by atoms with van der Waals surface area (Å²) >= 11 is 0. The van der Waals surface area contributed by atoms with Crippen LogP contribution in [0.25, 0.3) is 0 Å². The van der Waals surface area contributed by atoms with E-state index in [0.717, 1.165) is 12.6 Å². The van der Waals surface area contributed by atoms with Gasteiger partial charge in [0.15, 0.2) is 0 Å². The van der Waals surface area contributed by atoms with Crippen molar-refractivity contribution in [2.45, 2.75) is 75.9 Å². The van der Waals surface area contributed by atoms with Gasteiger partial charge in [-0.3, -0.25) is 0 Å². The fourth-order valence-corrected chi connectivity index (χ4v) is 4.20. The summed E-state index contributed by atoms with van der Waals surface area (Å²) in [5.41, 5.74) is 0.891. The normalized spacial score (nSPS) is 34.1. The van der Waals surface area contributed by atoms with E-state index in [-0.39, 0.29) is 5.60 Å². The maximum Gasteiger partial charge on any atom is 0.0802 e. The molecule has 0 saturated heterocycles. The van der Waals surface area contributed by atoms with Gasteiger partial charge in [-0.25, -0.2) is 0 Å². The first kappa shape index (κ1) is 12.0. The second-order valence-electron chi connectivity index (χ2n) is 6.64. The van der Waals surface area contributed by atoms with Crippen LogP contribution < -0.4 is 5.32 Å². The summed E-state index contributed by atoms with van der Waals surface area (Å²) in [6.45, 7) is 1.09. The minimum atomic E-state index is 0.200. The van der Waals surface area contributed by atoms with Gasteiger partial charge in [0.05, 0.1) is 5.60 Å². The molecule has 0 aliphatic heterocycles. The van der Waals surface area contributed by atoms with Gasteiger partial charge < -0.3 is 10.1 Å². The van der Waals surface area contributed by atoms with Crippen LogP contribution in [-0.4, -0.2) is 25.3 Å². The molecule has 98 valence electrons. The SMILES string of the molecule is COC1(CNC2CCC23CCCCC3)CCC1. The van der Waals surface area contributed by atoms with Gasteiger partial charge in [-0.05, 0) is 50.4 Å². The van der Waals surface area contributed by atoms with Gasteiger partial charge in [0, 0.05) is 19.7 Å². The van der Waals surface area contributed by atoms with Crippen LogP contribution >= 0.6 is 0 Å². The van der Waals surface area contributed by atoms with Gasteiger partial charge in [0.25, 0.3) is 0 Å². The maximum absolute atomic E-state index is 5.71. The lowest BCUT2D eigenvalue weighted by Crippen LogP contribution is -2.59. The maximum atomic E-state index is 5.71. The molecule has 3 aliphatic rings. The van der Waals surface area contributed by atoms with Crippen molar-refractivity contribution in [1.82, 2.24) is 5.32 Å². The van der Waals surface area contributed by atoms with Crippen LogP contribution in [-0.2, 0) is 4.74 Å². The van der Waals surface area contributed by atoms with E-state index in [1.807, 2.05) is 7.11 Å². The molecule has 0 amide bonds. The van der Waals surface area contributed by atoms with Crippen molar-refractivity contribution in [1.29, 1.82) is 0 Å². The first-order valence-electron chi connectivity index (χ1n) is 7.57. The first-order valence-corrected chi connectivity index (χ1v) is 7.57. The lowest BCUT2D eigenvalue weighted by molar-refractivity contribution is -0.0807. The van der Waals surface area contributed by atoms with E-state index in [1.54, 1.807) is 0 Å². The molecular formula is C15H27NO. The van der Waals surface area contributed by atoms with Crippen LogP contribution in [0.3, 0.4) is 0 Å². The van der Waals surface area contributed by atoms with Crippen molar-refractivity contribution in [3.05, 3.63) is 0 Å². The van der Waals surface area contributed by atoms with Gasteiger partial charge in [0.1, 0.15) is 0 Å². The Bertz CT molecular complexity index is 261. The molecule has 3 saturated carbocycles. The molecule has 3 fully saturated rings. The van der Waals surface area contributed by atoms with Crippen molar-refractivity contribution in [3.63, 3.8) is 0 Å². The van der Waals surface area contributed by atoms with Gasteiger partial charge in [-0.1, -0.05) is 19.3 Å². The predicted octanol–water partition coefficient (Wildman–Crippen LogP) is 3.26. The van der Waals surface area contributed by atoms with Crippen LogP contribution in [0.15, 0.2) is 0 Å². The average molecular weight is 237 g/mol. The Morgan fingerprint density at radius 3 is 2.24 bits per heavy atom. The van der Waals surface area contributed by atoms with Crippen molar-refractivity contribution in [3.8, 4) is 0 Å². The third-order valence-corrected chi connectivity index (χ3v) is 5.89. The highest BCUT2D eigenvalue weighted by molar-refractivity contribution is 5.03. The molecule has 0 aromatic rings. The molecule has 1 spiro atoms. The summed E-state index contributed by atoms with van der Waals surface area (Å²) in [6, 6.07) is 0.801. The van der Waals surface area contributed by atoms with E-state index < -0.39 is 0 Å². The third-order valence-electron chi connectivity index (χ3n) is 5.89. The van der Waals surface area contributed by atoms with Crippen LogP contribution in [0.1, 0.15) is 64.2 Å². The van der Waals surface area contributed by atoms with Gasteiger partial charge in [-0.2, -0.15) is 0 Å². The highest BCUT2D eigenvalue weighted by Crippen LogP contribution is 2.52. The van der Waals surface area contributed by atoms with Gasteiger partial charge in [0.2, 0.25) is 0 Å². The first-order chi connectivity index (χ1) is 8.29. The molecule has 0 radical (unpaired) electrons. The molecule has 1 N–H and O–H groups in total. The Morgan fingerprint density at radius 2 is 1.76 bits per heavy atom. The Balaban J connectivity index is 1.52. The molecule has 0 heterocycles. The van der Waals surface area contributed by atoms with E-state index in [4.69, 9.17) is 4.74 Å². The summed E-state index contributed by atoms with van der Waals surface area (Å²) < 4.78 is 5.71. The number of rotatable bonds is 4. The van der Waals surface area contributed by atoms with Crippen LogP contribution in [0.5, 0.6) is 0 Å². The number of ether oxygens (including phenoxy) is 1. The standard InChI is InChI=1S/C15H27NO/c1-17-15(9-5-10-15)12-16-13-6-11-14(13)7-3-2-4-8-14/h13,16H,2-12H2,1H3. The molecule has 0 aromatic heterocycles. The van der Waals surface area contributed by atoms with E-state index in [0.29, 0.717) is 5.41 Å². The monoisotopic (exact) mass is 237 g/mol. The van der Waals surface area contributed by atoms with Gasteiger partial charge >= 0.3 is 0 Å². The molecule has 1 atom stereocenters.